The Morgan fingerprint density at radius 2 is 2.04 bits per heavy atom. The Balaban J connectivity index is 1.85. The van der Waals surface area contributed by atoms with Gasteiger partial charge in [-0.1, -0.05) is 5.16 Å². The molecule has 1 saturated heterocycles. The SMILES string of the molecule is CC(C)(C)OC(=O)N1CCC[C@H]1c1nc(-c2ccc(O)c(C(F)(F)F)c2)no1. The quantitative estimate of drug-likeness (QED) is 0.798. The van der Waals surface area contributed by atoms with E-state index in [1.54, 1.807) is 20.8 Å². The summed E-state index contributed by atoms with van der Waals surface area (Å²) in [6.45, 7) is 5.71. The lowest BCUT2D eigenvalue weighted by Crippen LogP contribution is -2.36. The zero-order valence-electron chi connectivity index (χ0n) is 15.6. The van der Waals surface area contributed by atoms with Crippen LogP contribution >= 0.6 is 0 Å². The molecule has 0 spiro atoms. The van der Waals surface area contributed by atoms with E-state index in [0.717, 1.165) is 12.1 Å². The number of nitrogens with zero attached hydrogens (tertiary/aromatic N) is 3. The number of alkyl halides is 3. The van der Waals surface area contributed by atoms with Gasteiger partial charge in [0.15, 0.2) is 0 Å². The normalized spacial score (nSPS) is 17.8. The molecule has 2 heterocycles. The number of carbonyl (C=O) groups excluding carboxylic acids is 1. The fourth-order valence-corrected chi connectivity index (χ4v) is 2.95. The third kappa shape index (κ3) is 4.20. The minimum Gasteiger partial charge on any atom is -0.507 e. The van der Waals surface area contributed by atoms with Crippen LogP contribution in [-0.4, -0.2) is 38.4 Å². The number of carbonyl (C=O) groups is 1. The van der Waals surface area contributed by atoms with Crippen LogP contribution in [0, 0.1) is 0 Å². The van der Waals surface area contributed by atoms with Crippen LogP contribution in [0.25, 0.3) is 11.4 Å². The smallest absolute Gasteiger partial charge is 0.419 e. The minimum atomic E-state index is -4.72. The van der Waals surface area contributed by atoms with Crippen molar-refractivity contribution in [3.63, 3.8) is 0 Å². The number of aromatic nitrogens is 2. The number of ether oxygens (including phenoxy) is 1. The molecule has 1 amide bonds. The highest BCUT2D eigenvalue weighted by atomic mass is 19.4. The van der Waals surface area contributed by atoms with Crippen molar-refractivity contribution in [2.24, 2.45) is 0 Å². The highest BCUT2D eigenvalue weighted by Gasteiger charge is 2.37. The van der Waals surface area contributed by atoms with Crippen molar-refractivity contribution in [1.82, 2.24) is 15.0 Å². The van der Waals surface area contributed by atoms with Gasteiger partial charge in [-0.25, -0.2) is 4.79 Å². The first kappa shape index (κ1) is 20.0. The Morgan fingerprint density at radius 3 is 2.68 bits per heavy atom. The van der Waals surface area contributed by atoms with Gasteiger partial charge in [0.2, 0.25) is 11.7 Å². The molecule has 1 aliphatic heterocycles. The number of halogens is 3. The van der Waals surface area contributed by atoms with E-state index in [9.17, 15) is 23.1 Å². The van der Waals surface area contributed by atoms with Gasteiger partial charge in [0.05, 0.1) is 5.56 Å². The van der Waals surface area contributed by atoms with Crippen LogP contribution in [-0.2, 0) is 10.9 Å². The second kappa shape index (κ2) is 6.99. The van der Waals surface area contributed by atoms with Gasteiger partial charge in [-0.2, -0.15) is 18.2 Å². The fraction of sp³-hybridized carbons (Fsp3) is 0.500. The van der Waals surface area contributed by atoms with Crippen LogP contribution in [0.15, 0.2) is 22.7 Å². The van der Waals surface area contributed by atoms with E-state index in [1.807, 2.05) is 0 Å². The van der Waals surface area contributed by atoms with Gasteiger partial charge >= 0.3 is 12.3 Å². The van der Waals surface area contributed by atoms with Crippen LogP contribution in [0.5, 0.6) is 5.75 Å². The average molecular weight is 399 g/mol. The first-order valence-electron chi connectivity index (χ1n) is 8.69. The average Bonchev–Trinajstić information content (AvgIpc) is 3.21. The van der Waals surface area contributed by atoms with Crippen molar-refractivity contribution >= 4 is 6.09 Å². The summed E-state index contributed by atoms with van der Waals surface area (Å²) in [4.78, 5) is 18.0. The number of phenolic OH excluding ortho intramolecular Hbond substituents is 1. The highest BCUT2D eigenvalue weighted by molar-refractivity contribution is 5.69. The summed E-state index contributed by atoms with van der Waals surface area (Å²) in [6.07, 6.45) is -3.95. The van der Waals surface area contributed by atoms with Gasteiger partial charge in [0.1, 0.15) is 17.4 Å². The maximum Gasteiger partial charge on any atom is 0.419 e. The standard InChI is InChI=1S/C18H20F3N3O4/c1-17(2,3)27-16(26)24-8-4-5-12(24)15-22-14(23-28-15)10-6-7-13(25)11(9-10)18(19,20)21/h6-7,9,12,25H,4-5,8H2,1-3H3/t12-/m0/s1. The van der Waals surface area contributed by atoms with E-state index in [4.69, 9.17) is 9.26 Å². The molecule has 0 saturated carbocycles. The molecule has 7 nitrogen and oxygen atoms in total. The predicted molar refractivity (Wildman–Crippen MR) is 91.3 cm³/mol. The van der Waals surface area contributed by atoms with Gasteiger partial charge in [0, 0.05) is 12.1 Å². The van der Waals surface area contributed by atoms with E-state index in [1.165, 1.54) is 11.0 Å². The summed E-state index contributed by atoms with van der Waals surface area (Å²) in [7, 11) is 0. The fourth-order valence-electron chi connectivity index (χ4n) is 2.95. The number of benzene rings is 1. The first-order valence-corrected chi connectivity index (χ1v) is 8.69. The van der Waals surface area contributed by atoms with Crippen LogP contribution < -0.4 is 0 Å². The molecule has 1 aliphatic rings. The van der Waals surface area contributed by atoms with Gasteiger partial charge in [-0.05, 0) is 51.8 Å². The molecule has 1 aromatic carbocycles. The van der Waals surface area contributed by atoms with Crippen molar-refractivity contribution in [3.8, 4) is 17.1 Å². The van der Waals surface area contributed by atoms with E-state index in [-0.39, 0.29) is 17.3 Å². The predicted octanol–water partition coefficient (Wildman–Crippen LogP) is 4.53. The molecule has 0 aliphatic carbocycles. The summed E-state index contributed by atoms with van der Waals surface area (Å²) in [6, 6.07) is 2.44. The maximum absolute atomic E-state index is 13.0. The molecule has 0 bridgehead atoms. The second-order valence-electron chi connectivity index (χ2n) is 7.52. The van der Waals surface area contributed by atoms with E-state index >= 15 is 0 Å². The first-order chi connectivity index (χ1) is 13.0. The summed E-state index contributed by atoms with van der Waals surface area (Å²) >= 11 is 0. The van der Waals surface area contributed by atoms with Crippen molar-refractivity contribution in [1.29, 1.82) is 0 Å². The highest BCUT2D eigenvalue weighted by Crippen LogP contribution is 2.38. The summed E-state index contributed by atoms with van der Waals surface area (Å²) in [5.41, 5.74) is -1.81. The second-order valence-corrected chi connectivity index (χ2v) is 7.52. The van der Waals surface area contributed by atoms with Gasteiger partial charge in [-0.3, -0.25) is 4.90 Å². The Labute approximate surface area is 159 Å². The molecule has 10 heteroatoms. The largest absolute Gasteiger partial charge is 0.507 e. The van der Waals surface area contributed by atoms with Gasteiger partial charge < -0.3 is 14.4 Å². The Morgan fingerprint density at radius 1 is 1.32 bits per heavy atom. The zero-order valence-corrected chi connectivity index (χ0v) is 15.6. The maximum atomic E-state index is 13.0. The zero-order chi connectivity index (χ0) is 20.7. The molecule has 0 radical (unpaired) electrons. The number of amides is 1. The lowest BCUT2D eigenvalue weighted by Gasteiger charge is -2.26. The molecule has 1 aromatic heterocycles. The summed E-state index contributed by atoms with van der Waals surface area (Å²) < 4.78 is 49.6. The summed E-state index contributed by atoms with van der Waals surface area (Å²) in [5, 5.41) is 13.2. The van der Waals surface area contributed by atoms with E-state index < -0.39 is 35.2 Å². The number of hydrogen-bond acceptors (Lipinski definition) is 6. The Hall–Kier alpha value is -2.78. The van der Waals surface area contributed by atoms with Crippen molar-refractivity contribution in [3.05, 3.63) is 29.7 Å². The molecule has 1 atom stereocenters. The number of aromatic hydroxyl groups is 1. The van der Waals surface area contributed by atoms with Crippen LogP contribution in [0.2, 0.25) is 0 Å². The molecule has 1 fully saturated rings. The number of phenols is 1. The molecule has 0 unspecified atom stereocenters. The molecular formula is C18H20F3N3O4. The van der Waals surface area contributed by atoms with Gasteiger partial charge in [-0.15, -0.1) is 0 Å². The van der Waals surface area contributed by atoms with Crippen molar-refractivity contribution in [2.75, 3.05) is 6.54 Å². The van der Waals surface area contributed by atoms with Gasteiger partial charge in [0.25, 0.3) is 0 Å². The van der Waals surface area contributed by atoms with E-state index in [2.05, 4.69) is 10.1 Å². The molecule has 3 rings (SSSR count). The lowest BCUT2D eigenvalue weighted by molar-refractivity contribution is -0.138. The third-order valence-electron chi connectivity index (χ3n) is 4.17. The number of hydrogen-bond donors (Lipinski definition) is 1. The monoisotopic (exact) mass is 399 g/mol. The van der Waals surface area contributed by atoms with Crippen LogP contribution in [0.4, 0.5) is 18.0 Å². The minimum absolute atomic E-state index is 0.0435. The molecule has 2 aromatic rings. The van der Waals surface area contributed by atoms with Crippen molar-refractivity contribution < 1.29 is 32.3 Å². The van der Waals surface area contributed by atoms with E-state index in [0.29, 0.717) is 19.4 Å². The topological polar surface area (TPSA) is 88.7 Å². The lowest BCUT2D eigenvalue weighted by atomic mass is 10.1. The Kier molecular flexibility index (Phi) is 4.99. The third-order valence-corrected chi connectivity index (χ3v) is 4.17. The number of rotatable bonds is 2. The molecule has 28 heavy (non-hydrogen) atoms. The van der Waals surface area contributed by atoms with Crippen LogP contribution in [0.1, 0.15) is 51.1 Å². The van der Waals surface area contributed by atoms with Crippen LogP contribution in [0.3, 0.4) is 0 Å². The summed E-state index contributed by atoms with van der Waals surface area (Å²) in [5.74, 6) is -0.816. The molecule has 1 N–H and O–H groups in total. The number of likely N-dealkylation sites (tertiary alicyclic amines) is 1. The Bertz CT molecular complexity index is 874. The molecule has 152 valence electrons. The molecular weight excluding hydrogens is 379 g/mol. The van der Waals surface area contributed by atoms with Crippen molar-refractivity contribution in [2.45, 2.75) is 51.4 Å².